The second kappa shape index (κ2) is 7.43. The third kappa shape index (κ3) is 2.98. The number of carbonyl (C=O) groups excluding carboxylic acids is 2. The van der Waals surface area contributed by atoms with Gasteiger partial charge in [-0.1, -0.05) is 33.6 Å². The molecule has 3 heteroatoms. The summed E-state index contributed by atoms with van der Waals surface area (Å²) in [6, 6.07) is 0. The molecule has 0 unspecified atom stereocenters. The van der Waals surface area contributed by atoms with Crippen molar-refractivity contribution in [2.45, 2.75) is 91.4 Å². The fourth-order valence-corrected chi connectivity index (χ4v) is 8.59. The van der Waals surface area contributed by atoms with Crippen LogP contribution < -0.4 is 0 Å². The van der Waals surface area contributed by atoms with Crippen LogP contribution in [0.15, 0.2) is 0 Å². The van der Waals surface area contributed by atoms with Crippen molar-refractivity contribution < 1.29 is 14.3 Å². The van der Waals surface area contributed by atoms with E-state index in [9.17, 15) is 9.59 Å². The normalized spacial score (nSPS) is 46.3. The van der Waals surface area contributed by atoms with Gasteiger partial charge in [0.2, 0.25) is 0 Å². The Morgan fingerprint density at radius 1 is 1.11 bits per heavy atom. The zero-order valence-corrected chi connectivity index (χ0v) is 18.5. The molecule has 0 bridgehead atoms. The Balaban J connectivity index is 1.55. The summed E-state index contributed by atoms with van der Waals surface area (Å²) >= 11 is 0. The van der Waals surface area contributed by atoms with Crippen molar-refractivity contribution in [3.05, 3.63) is 0 Å². The predicted molar refractivity (Wildman–Crippen MR) is 111 cm³/mol. The summed E-state index contributed by atoms with van der Waals surface area (Å²) in [6.45, 7) is 7.10. The number of rotatable bonds is 4. The van der Waals surface area contributed by atoms with E-state index in [4.69, 9.17) is 4.74 Å². The molecule has 0 aromatic carbocycles. The molecule has 8 atom stereocenters. The maximum absolute atomic E-state index is 13.7. The van der Waals surface area contributed by atoms with Gasteiger partial charge in [-0.25, -0.2) is 0 Å². The molecule has 3 nitrogen and oxygen atoms in total. The fourth-order valence-electron chi connectivity index (χ4n) is 8.59. The van der Waals surface area contributed by atoms with Crippen LogP contribution in [0.25, 0.3) is 0 Å². The lowest BCUT2D eigenvalue weighted by molar-refractivity contribution is -0.157. The first-order valence-corrected chi connectivity index (χ1v) is 11.9. The third-order valence-corrected chi connectivity index (χ3v) is 10.2. The average molecular weight is 389 g/mol. The van der Waals surface area contributed by atoms with Crippen molar-refractivity contribution in [3.8, 4) is 0 Å². The van der Waals surface area contributed by atoms with E-state index in [-0.39, 0.29) is 11.4 Å². The van der Waals surface area contributed by atoms with Gasteiger partial charge in [-0.2, -0.15) is 0 Å². The number of esters is 1. The fraction of sp³-hybridized carbons (Fsp3) is 0.920. The Hall–Kier alpha value is -0.860. The highest BCUT2D eigenvalue weighted by molar-refractivity contribution is 5.87. The molecule has 0 aliphatic heterocycles. The van der Waals surface area contributed by atoms with Gasteiger partial charge in [0.1, 0.15) is 5.78 Å². The standard InChI is InChI=1S/C25H40O3/c1-16(8-13-23(27)28-4)19-11-12-20-18-10-9-17-7-5-6-14-24(17,2)21(18)15-22(26)25(19,20)3/h16-21H,5-15H2,1-4H3/t16-,17+,18+,19-,20+,21+,24+,25-/m1/s1. The summed E-state index contributed by atoms with van der Waals surface area (Å²) in [5.74, 6) is 4.09. The molecule has 0 aromatic heterocycles. The first-order valence-electron chi connectivity index (χ1n) is 11.9. The molecule has 4 aliphatic rings. The van der Waals surface area contributed by atoms with Crippen LogP contribution in [0.5, 0.6) is 0 Å². The summed E-state index contributed by atoms with van der Waals surface area (Å²) in [5.41, 5.74) is 0.251. The first kappa shape index (κ1) is 20.4. The van der Waals surface area contributed by atoms with E-state index >= 15 is 0 Å². The van der Waals surface area contributed by atoms with Crippen molar-refractivity contribution >= 4 is 11.8 Å². The van der Waals surface area contributed by atoms with E-state index < -0.39 is 0 Å². The highest BCUT2D eigenvalue weighted by Gasteiger charge is 2.63. The minimum atomic E-state index is -0.158. The van der Waals surface area contributed by atoms with Gasteiger partial charge >= 0.3 is 5.97 Å². The Labute approximate surface area is 171 Å². The van der Waals surface area contributed by atoms with Crippen LogP contribution in [-0.4, -0.2) is 18.9 Å². The van der Waals surface area contributed by atoms with Crippen LogP contribution in [0.3, 0.4) is 0 Å². The van der Waals surface area contributed by atoms with Gasteiger partial charge in [-0.05, 0) is 85.9 Å². The molecule has 0 radical (unpaired) electrons. The van der Waals surface area contributed by atoms with Crippen LogP contribution in [0.1, 0.15) is 91.4 Å². The van der Waals surface area contributed by atoms with Crippen LogP contribution in [0.4, 0.5) is 0 Å². The molecule has 4 saturated carbocycles. The zero-order valence-electron chi connectivity index (χ0n) is 18.5. The minimum absolute atomic E-state index is 0.120. The van der Waals surface area contributed by atoms with Gasteiger partial charge in [-0.15, -0.1) is 0 Å². The lowest BCUT2D eigenvalue weighted by Gasteiger charge is -2.60. The molecule has 0 aromatic rings. The first-order chi connectivity index (χ1) is 13.3. The molecule has 158 valence electrons. The molecule has 0 amide bonds. The maximum Gasteiger partial charge on any atom is 0.305 e. The second-order valence-electron chi connectivity index (χ2n) is 11.1. The number of Topliss-reactive ketones (excluding diaryl/α,β-unsaturated/α-hetero) is 1. The van der Waals surface area contributed by atoms with Gasteiger partial charge in [0.15, 0.2) is 0 Å². The second-order valence-corrected chi connectivity index (χ2v) is 11.1. The molecule has 0 N–H and O–H groups in total. The summed E-state index contributed by atoms with van der Waals surface area (Å²) in [7, 11) is 1.47. The van der Waals surface area contributed by atoms with Crippen molar-refractivity contribution in [2.24, 2.45) is 46.3 Å². The lowest BCUT2D eigenvalue weighted by atomic mass is 9.44. The molecule has 0 spiro atoms. The number of ether oxygens (including phenoxy) is 1. The van der Waals surface area contributed by atoms with E-state index in [0.717, 1.165) is 24.7 Å². The molecular weight excluding hydrogens is 348 g/mol. The van der Waals surface area contributed by atoms with E-state index in [2.05, 4.69) is 20.8 Å². The van der Waals surface area contributed by atoms with Crippen molar-refractivity contribution in [1.29, 1.82) is 0 Å². The number of methoxy groups -OCH3 is 1. The molecule has 0 saturated heterocycles. The largest absolute Gasteiger partial charge is 0.469 e. The van der Waals surface area contributed by atoms with Crippen molar-refractivity contribution in [1.82, 2.24) is 0 Å². The Bertz CT molecular complexity index is 627. The van der Waals surface area contributed by atoms with Gasteiger partial charge in [0.05, 0.1) is 7.11 Å². The van der Waals surface area contributed by atoms with E-state index in [1.807, 2.05) is 0 Å². The quantitative estimate of drug-likeness (QED) is 0.571. The molecular formula is C25H40O3. The number of carbonyl (C=O) groups is 2. The maximum atomic E-state index is 13.7. The summed E-state index contributed by atoms with van der Waals surface area (Å²) in [4.78, 5) is 25.3. The summed E-state index contributed by atoms with van der Waals surface area (Å²) in [6.07, 6.45) is 12.8. The molecule has 28 heavy (non-hydrogen) atoms. The smallest absolute Gasteiger partial charge is 0.305 e. The highest BCUT2D eigenvalue weighted by atomic mass is 16.5. The number of hydrogen-bond donors (Lipinski definition) is 0. The monoisotopic (exact) mass is 388 g/mol. The SMILES string of the molecule is COC(=O)CC[C@@H](C)[C@H]1CC[C@H]2[C@@H]3CC[C@@H]4CCCC[C@]4(C)[C@H]3CC(=O)[C@]12C. The van der Waals surface area contributed by atoms with Crippen LogP contribution in [0.2, 0.25) is 0 Å². The predicted octanol–water partition coefficient (Wildman–Crippen LogP) is 5.80. The van der Waals surface area contributed by atoms with E-state index in [1.165, 1.54) is 58.5 Å². The Morgan fingerprint density at radius 2 is 1.89 bits per heavy atom. The van der Waals surface area contributed by atoms with E-state index in [1.54, 1.807) is 0 Å². The molecule has 4 rings (SSSR count). The van der Waals surface area contributed by atoms with Crippen LogP contribution in [0, 0.1) is 46.3 Å². The average Bonchev–Trinajstić information content (AvgIpc) is 3.05. The highest BCUT2D eigenvalue weighted by Crippen LogP contribution is 2.67. The van der Waals surface area contributed by atoms with Gasteiger partial charge in [0.25, 0.3) is 0 Å². The number of hydrogen-bond acceptors (Lipinski definition) is 3. The van der Waals surface area contributed by atoms with Gasteiger partial charge in [0, 0.05) is 18.3 Å². The van der Waals surface area contributed by atoms with Gasteiger partial charge in [-0.3, -0.25) is 9.59 Å². The van der Waals surface area contributed by atoms with Crippen molar-refractivity contribution in [2.75, 3.05) is 7.11 Å². The third-order valence-electron chi connectivity index (χ3n) is 10.2. The van der Waals surface area contributed by atoms with Crippen LogP contribution >= 0.6 is 0 Å². The summed E-state index contributed by atoms with van der Waals surface area (Å²) < 4.78 is 4.84. The minimum Gasteiger partial charge on any atom is -0.469 e. The molecule has 4 aliphatic carbocycles. The summed E-state index contributed by atoms with van der Waals surface area (Å²) in [5, 5.41) is 0. The van der Waals surface area contributed by atoms with Crippen LogP contribution in [-0.2, 0) is 14.3 Å². The number of ketones is 1. The van der Waals surface area contributed by atoms with E-state index in [0.29, 0.717) is 41.3 Å². The molecule has 0 heterocycles. The zero-order chi connectivity index (χ0) is 20.1. The Morgan fingerprint density at radius 3 is 2.64 bits per heavy atom. The topological polar surface area (TPSA) is 43.4 Å². The van der Waals surface area contributed by atoms with Gasteiger partial charge < -0.3 is 4.74 Å². The molecule has 4 fully saturated rings. The Kier molecular flexibility index (Phi) is 5.42. The number of fused-ring (bicyclic) bond motifs is 5. The lowest BCUT2D eigenvalue weighted by Crippen LogP contribution is -2.56. The van der Waals surface area contributed by atoms with Crippen molar-refractivity contribution in [3.63, 3.8) is 0 Å².